The maximum atomic E-state index is 10.9. The fourth-order valence-electron chi connectivity index (χ4n) is 1.51. The van der Waals surface area contributed by atoms with Crippen LogP contribution < -0.4 is 5.32 Å². The van der Waals surface area contributed by atoms with E-state index in [1.54, 1.807) is 12.3 Å². The Bertz CT molecular complexity index is 563. The molecule has 2 aromatic rings. The largest absolute Gasteiger partial charge is 0.472 e. The van der Waals surface area contributed by atoms with Crippen LogP contribution in [0.5, 0.6) is 0 Å². The van der Waals surface area contributed by atoms with Crippen LogP contribution in [0.15, 0.2) is 41.2 Å². The second kappa shape index (κ2) is 5.13. The molecule has 0 aliphatic rings. The van der Waals surface area contributed by atoms with Crippen molar-refractivity contribution in [3.8, 4) is 0 Å². The first kappa shape index (κ1) is 11.8. The van der Waals surface area contributed by atoms with Crippen LogP contribution in [0, 0.1) is 10.1 Å². The highest BCUT2D eigenvalue weighted by molar-refractivity contribution is 5.79. The normalized spacial score (nSPS) is 10.0. The van der Waals surface area contributed by atoms with Gasteiger partial charge in [-0.15, -0.1) is 0 Å². The number of hydrogen-bond acceptors (Lipinski definition) is 5. The van der Waals surface area contributed by atoms with Crippen LogP contribution in [-0.2, 0) is 6.54 Å². The van der Waals surface area contributed by atoms with Gasteiger partial charge in [-0.05, 0) is 18.2 Å². The summed E-state index contributed by atoms with van der Waals surface area (Å²) in [4.78, 5) is 20.9. The number of nitro benzene ring substituents is 1. The predicted octanol–water partition coefficient (Wildman–Crippen LogP) is 2.61. The van der Waals surface area contributed by atoms with Gasteiger partial charge >= 0.3 is 0 Å². The van der Waals surface area contributed by atoms with E-state index < -0.39 is 4.92 Å². The molecule has 2 rings (SSSR count). The molecule has 1 aromatic heterocycles. The quantitative estimate of drug-likeness (QED) is 0.498. The van der Waals surface area contributed by atoms with E-state index in [4.69, 9.17) is 4.42 Å². The van der Waals surface area contributed by atoms with Gasteiger partial charge in [0.05, 0.1) is 17.4 Å². The SMILES string of the molecule is O=Cc1ccc(NCc2ccoc2)c([N+](=O)[O-])c1. The van der Waals surface area contributed by atoms with Gasteiger partial charge in [0.25, 0.3) is 5.69 Å². The molecule has 6 nitrogen and oxygen atoms in total. The highest BCUT2D eigenvalue weighted by Crippen LogP contribution is 2.25. The minimum Gasteiger partial charge on any atom is -0.472 e. The highest BCUT2D eigenvalue weighted by Gasteiger charge is 2.14. The lowest BCUT2D eigenvalue weighted by Crippen LogP contribution is -2.02. The molecule has 0 aliphatic carbocycles. The summed E-state index contributed by atoms with van der Waals surface area (Å²) in [6.45, 7) is 0.414. The second-order valence-corrected chi connectivity index (χ2v) is 3.64. The van der Waals surface area contributed by atoms with Crippen molar-refractivity contribution in [3.63, 3.8) is 0 Å². The summed E-state index contributed by atoms with van der Waals surface area (Å²) in [5.74, 6) is 0. The van der Waals surface area contributed by atoms with Crippen molar-refractivity contribution >= 4 is 17.7 Å². The molecule has 18 heavy (non-hydrogen) atoms. The van der Waals surface area contributed by atoms with Crippen LogP contribution in [0.3, 0.4) is 0 Å². The number of nitro groups is 1. The number of nitrogens with zero attached hydrogens (tertiary/aromatic N) is 1. The summed E-state index contributed by atoms with van der Waals surface area (Å²) in [5, 5.41) is 13.8. The molecule has 0 spiro atoms. The predicted molar refractivity (Wildman–Crippen MR) is 64.5 cm³/mol. The number of carbonyl (C=O) groups excluding carboxylic acids is 1. The third-order valence-electron chi connectivity index (χ3n) is 2.42. The van der Waals surface area contributed by atoms with Gasteiger partial charge < -0.3 is 9.73 Å². The summed E-state index contributed by atoms with van der Waals surface area (Å²) < 4.78 is 4.90. The molecule has 0 bridgehead atoms. The second-order valence-electron chi connectivity index (χ2n) is 3.64. The standard InChI is InChI=1S/C12H10N2O4/c15-7-9-1-2-11(12(5-9)14(16)17)13-6-10-3-4-18-8-10/h1-5,7-8,13H,6H2. The molecule has 0 amide bonds. The third-order valence-corrected chi connectivity index (χ3v) is 2.42. The molecule has 0 fully saturated rings. The van der Waals surface area contributed by atoms with E-state index in [0.29, 0.717) is 18.5 Å². The number of nitrogens with one attached hydrogen (secondary N) is 1. The molecular formula is C12H10N2O4. The van der Waals surface area contributed by atoms with E-state index in [1.165, 1.54) is 24.5 Å². The average molecular weight is 246 g/mol. The third kappa shape index (κ3) is 2.54. The molecule has 92 valence electrons. The minimum atomic E-state index is -0.523. The lowest BCUT2D eigenvalue weighted by atomic mass is 10.2. The zero-order valence-electron chi connectivity index (χ0n) is 9.33. The fourth-order valence-corrected chi connectivity index (χ4v) is 1.51. The molecule has 0 radical (unpaired) electrons. The number of anilines is 1. The molecule has 0 unspecified atom stereocenters. The Kier molecular flexibility index (Phi) is 3.38. The van der Waals surface area contributed by atoms with Crippen molar-refractivity contribution in [1.82, 2.24) is 0 Å². The number of rotatable bonds is 5. The van der Waals surface area contributed by atoms with Crippen LogP contribution in [0.25, 0.3) is 0 Å². The van der Waals surface area contributed by atoms with Crippen LogP contribution in [0.1, 0.15) is 15.9 Å². The lowest BCUT2D eigenvalue weighted by Gasteiger charge is -2.05. The molecule has 1 N–H and O–H groups in total. The van der Waals surface area contributed by atoms with Crippen LogP contribution in [0.4, 0.5) is 11.4 Å². The lowest BCUT2D eigenvalue weighted by molar-refractivity contribution is -0.384. The van der Waals surface area contributed by atoms with E-state index in [9.17, 15) is 14.9 Å². The molecule has 0 atom stereocenters. The van der Waals surface area contributed by atoms with E-state index in [0.717, 1.165) is 5.56 Å². The van der Waals surface area contributed by atoms with Gasteiger partial charge in [-0.3, -0.25) is 14.9 Å². The topological polar surface area (TPSA) is 85.4 Å². The van der Waals surface area contributed by atoms with Crippen LogP contribution in [0.2, 0.25) is 0 Å². The summed E-state index contributed by atoms with van der Waals surface area (Å²) in [5.41, 5.74) is 1.40. The fraction of sp³-hybridized carbons (Fsp3) is 0.0833. The monoisotopic (exact) mass is 246 g/mol. The Hall–Kier alpha value is -2.63. The Balaban J connectivity index is 2.21. The molecule has 0 saturated carbocycles. The Morgan fingerprint density at radius 3 is 2.83 bits per heavy atom. The summed E-state index contributed by atoms with van der Waals surface area (Å²) in [7, 11) is 0. The minimum absolute atomic E-state index is 0.122. The van der Waals surface area contributed by atoms with Crippen molar-refractivity contribution in [3.05, 3.63) is 58.0 Å². The smallest absolute Gasteiger partial charge is 0.293 e. The average Bonchev–Trinajstić information content (AvgIpc) is 2.89. The van der Waals surface area contributed by atoms with Gasteiger partial charge in [-0.2, -0.15) is 0 Å². The van der Waals surface area contributed by atoms with Gasteiger partial charge in [-0.25, -0.2) is 0 Å². The molecule has 0 saturated heterocycles. The number of aldehydes is 1. The van der Waals surface area contributed by atoms with Gasteiger partial charge in [0.15, 0.2) is 0 Å². The molecule has 1 heterocycles. The summed E-state index contributed by atoms with van der Waals surface area (Å²) in [6.07, 6.45) is 3.66. The van der Waals surface area contributed by atoms with E-state index >= 15 is 0 Å². The van der Waals surface area contributed by atoms with Gasteiger partial charge in [0, 0.05) is 23.7 Å². The zero-order valence-corrected chi connectivity index (χ0v) is 9.33. The van der Waals surface area contributed by atoms with E-state index in [-0.39, 0.29) is 11.3 Å². The first-order chi connectivity index (χ1) is 8.70. The van der Waals surface area contributed by atoms with Crippen molar-refractivity contribution < 1.29 is 14.1 Å². The molecule has 6 heteroatoms. The maximum Gasteiger partial charge on any atom is 0.293 e. The Labute approximate surface area is 102 Å². The Morgan fingerprint density at radius 2 is 2.22 bits per heavy atom. The van der Waals surface area contributed by atoms with E-state index in [2.05, 4.69) is 5.32 Å². The number of hydrogen-bond donors (Lipinski definition) is 1. The maximum absolute atomic E-state index is 10.9. The summed E-state index contributed by atoms with van der Waals surface area (Å²) in [6, 6.07) is 6.04. The van der Waals surface area contributed by atoms with Crippen molar-refractivity contribution in [1.29, 1.82) is 0 Å². The first-order valence-corrected chi connectivity index (χ1v) is 5.19. The van der Waals surface area contributed by atoms with Gasteiger partial charge in [0.2, 0.25) is 0 Å². The number of carbonyl (C=O) groups is 1. The van der Waals surface area contributed by atoms with Crippen molar-refractivity contribution in [2.45, 2.75) is 6.54 Å². The van der Waals surface area contributed by atoms with E-state index in [1.807, 2.05) is 0 Å². The molecule has 0 aliphatic heterocycles. The number of benzene rings is 1. The van der Waals surface area contributed by atoms with Crippen molar-refractivity contribution in [2.75, 3.05) is 5.32 Å². The van der Waals surface area contributed by atoms with Crippen LogP contribution in [-0.4, -0.2) is 11.2 Å². The Morgan fingerprint density at radius 1 is 1.39 bits per heavy atom. The molecule has 1 aromatic carbocycles. The van der Waals surface area contributed by atoms with Crippen LogP contribution >= 0.6 is 0 Å². The summed E-state index contributed by atoms with van der Waals surface area (Å²) >= 11 is 0. The number of furan rings is 1. The zero-order chi connectivity index (χ0) is 13.0. The highest BCUT2D eigenvalue weighted by atomic mass is 16.6. The van der Waals surface area contributed by atoms with Crippen molar-refractivity contribution in [2.24, 2.45) is 0 Å². The van der Waals surface area contributed by atoms with Gasteiger partial charge in [0.1, 0.15) is 12.0 Å². The molecular weight excluding hydrogens is 236 g/mol. The van der Waals surface area contributed by atoms with Gasteiger partial charge in [-0.1, -0.05) is 0 Å². The first-order valence-electron chi connectivity index (χ1n) is 5.19.